The molecule has 0 aliphatic rings. The van der Waals surface area contributed by atoms with Crippen molar-refractivity contribution in [2.24, 2.45) is 0 Å². The van der Waals surface area contributed by atoms with Crippen LogP contribution in [0.5, 0.6) is 5.75 Å². The van der Waals surface area contributed by atoms with E-state index in [1.165, 1.54) is 0 Å². The molecule has 6 nitrogen and oxygen atoms in total. The zero-order valence-corrected chi connectivity index (χ0v) is 10.8. The molecule has 0 bridgehead atoms. The number of ether oxygens (including phenoxy) is 1. The standard InChI is InChI=1S/C14H14N4O2/c15-7-6-14(19)17-12-4-1-2-5-13(12)20-11-10-18-9-3-8-16-18/h1-5,8-9H,6,10-11H2,(H,17,19). The lowest BCUT2D eigenvalue weighted by Gasteiger charge is -2.11. The predicted octanol–water partition coefficient (Wildman–Crippen LogP) is 1.81. The number of carbonyl (C=O) groups is 1. The van der Waals surface area contributed by atoms with Gasteiger partial charge >= 0.3 is 0 Å². The normalized spacial score (nSPS) is 9.75. The van der Waals surface area contributed by atoms with E-state index in [1.54, 1.807) is 35.1 Å². The monoisotopic (exact) mass is 270 g/mol. The van der Waals surface area contributed by atoms with Crippen LogP contribution >= 0.6 is 0 Å². The van der Waals surface area contributed by atoms with Gasteiger partial charge in [0.15, 0.2) is 0 Å². The third-order valence-electron chi connectivity index (χ3n) is 2.54. The lowest BCUT2D eigenvalue weighted by molar-refractivity contribution is -0.115. The van der Waals surface area contributed by atoms with Gasteiger partial charge in [-0.1, -0.05) is 12.1 Å². The second-order valence-corrected chi connectivity index (χ2v) is 4.00. The van der Waals surface area contributed by atoms with Crippen LogP contribution in [0.15, 0.2) is 42.7 Å². The number of nitrogens with zero attached hydrogens (tertiary/aromatic N) is 3. The molecule has 102 valence electrons. The highest BCUT2D eigenvalue weighted by atomic mass is 16.5. The number of rotatable bonds is 6. The topological polar surface area (TPSA) is 79.9 Å². The zero-order valence-electron chi connectivity index (χ0n) is 10.8. The van der Waals surface area contributed by atoms with Crippen molar-refractivity contribution in [3.8, 4) is 11.8 Å². The predicted molar refractivity (Wildman–Crippen MR) is 73.0 cm³/mol. The van der Waals surface area contributed by atoms with Crippen molar-refractivity contribution in [1.82, 2.24) is 9.78 Å². The van der Waals surface area contributed by atoms with E-state index in [0.29, 0.717) is 24.6 Å². The minimum Gasteiger partial charge on any atom is -0.489 e. The number of para-hydroxylation sites is 2. The Balaban J connectivity index is 1.93. The maximum Gasteiger partial charge on any atom is 0.238 e. The molecule has 0 unspecified atom stereocenters. The number of anilines is 1. The Morgan fingerprint density at radius 1 is 1.40 bits per heavy atom. The highest BCUT2D eigenvalue weighted by Crippen LogP contribution is 2.23. The summed E-state index contributed by atoms with van der Waals surface area (Å²) in [6, 6.07) is 10.8. The van der Waals surface area contributed by atoms with Crippen LogP contribution in [-0.4, -0.2) is 22.3 Å². The number of hydrogen-bond acceptors (Lipinski definition) is 4. The summed E-state index contributed by atoms with van der Waals surface area (Å²) in [7, 11) is 0. The molecular formula is C14H14N4O2. The quantitative estimate of drug-likeness (QED) is 0.868. The Labute approximate surface area is 116 Å². The molecule has 0 saturated carbocycles. The number of carbonyl (C=O) groups excluding carboxylic acids is 1. The van der Waals surface area contributed by atoms with E-state index < -0.39 is 0 Å². The third kappa shape index (κ3) is 3.85. The van der Waals surface area contributed by atoms with Crippen LogP contribution in [0.3, 0.4) is 0 Å². The molecule has 1 aromatic carbocycles. The Morgan fingerprint density at radius 3 is 3.00 bits per heavy atom. The second-order valence-electron chi connectivity index (χ2n) is 4.00. The molecule has 0 radical (unpaired) electrons. The number of benzene rings is 1. The SMILES string of the molecule is N#CCC(=O)Nc1ccccc1OCCn1cccn1. The van der Waals surface area contributed by atoms with Gasteiger partial charge in [0.1, 0.15) is 18.8 Å². The minimum absolute atomic E-state index is 0.179. The van der Waals surface area contributed by atoms with Gasteiger partial charge in [-0.2, -0.15) is 10.4 Å². The van der Waals surface area contributed by atoms with E-state index in [9.17, 15) is 4.79 Å². The van der Waals surface area contributed by atoms with E-state index in [4.69, 9.17) is 10.00 Å². The highest BCUT2D eigenvalue weighted by molar-refractivity contribution is 5.93. The summed E-state index contributed by atoms with van der Waals surface area (Å²) in [5.74, 6) is 0.224. The van der Waals surface area contributed by atoms with Crippen LogP contribution in [0.1, 0.15) is 6.42 Å². The van der Waals surface area contributed by atoms with Gasteiger partial charge < -0.3 is 10.1 Å². The second kappa shape index (κ2) is 6.95. The van der Waals surface area contributed by atoms with Gasteiger partial charge in [0.2, 0.25) is 5.91 Å². The molecule has 0 aliphatic heterocycles. The Morgan fingerprint density at radius 2 is 2.25 bits per heavy atom. The third-order valence-corrected chi connectivity index (χ3v) is 2.54. The summed E-state index contributed by atoms with van der Waals surface area (Å²) < 4.78 is 7.39. The van der Waals surface area contributed by atoms with E-state index in [2.05, 4.69) is 10.4 Å². The van der Waals surface area contributed by atoms with Crippen molar-refractivity contribution in [3.63, 3.8) is 0 Å². The maximum atomic E-state index is 11.4. The first kappa shape index (κ1) is 13.6. The number of hydrogen-bond donors (Lipinski definition) is 1. The molecule has 0 aliphatic carbocycles. The Kier molecular flexibility index (Phi) is 4.73. The van der Waals surface area contributed by atoms with E-state index in [-0.39, 0.29) is 12.3 Å². The Hall–Kier alpha value is -2.81. The zero-order chi connectivity index (χ0) is 14.2. The van der Waals surface area contributed by atoms with Gasteiger partial charge in [-0.25, -0.2) is 0 Å². The van der Waals surface area contributed by atoms with Crippen LogP contribution < -0.4 is 10.1 Å². The van der Waals surface area contributed by atoms with Gasteiger partial charge in [0.25, 0.3) is 0 Å². The lowest BCUT2D eigenvalue weighted by Crippen LogP contribution is -2.13. The van der Waals surface area contributed by atoms with E-state index in [0.717, 1.165) is 0 Å². The average molecular weight is 270 g/mol. The molecule has 1 amide bonds. The van der Waals surface area contributed by atoms with Crippen molar-refractivity contribution in [2.45, 2.75) is 13.0 Å². The molecule has 2 aromatic rings. The maximum absolute atomic E-state index is 11.4. The molecule has 1 heterocycles. The molecule has 0 fully saturated rings. The first-order valence-electron chi connectivity index (χ1n) is 6.15. The summed E-state index contributed by atoms with van der Waals surface area (Å²) in [5, 5.41) is 15.2. The largest absolute Gasteiger partial charge is 0.489 e. The lowest BCUT2D eigenvalue weighted by atomic mass is 10.3. The fraction of sp³-hybridized carbons (Fsp3) is 0.214. The smallest absolute Gasteiger partial charge is 0.238 e. The Bertz CT molecular complexity index is 602. The van der Waals surface area contributed by atoms with Crippen molar-refractivity contribution in [2.75, 3.05) is 11.9 Å². The molecule has 0 atom stereocenters. The summed E-state index contributed by atoms with van der Waals surface area (Å²) in [5.41, 5.74) is 0.563. The summed E-state index contributed by atoms with van der Waals surface area (Å²) in [6.07, 6.45) is 3.38. The van der Waals surface area contributed by atoms with Gasteiger partial charge in [-0.05, 0) is 18.2 Å². The van der Waals surface area contributed by atoms with Crippen LogP contribution in [0.25, 0.3) is 0 Å². The highest BCUT2D eigenvalue weighted by Gasteiger charge is 2.07. The number of amides is 1. The van der Waals surface area contributed by atoms with Crippen LogP contribution in [0.4, 0.5) is 5.69 Å². The van der Waals surface area contributed by atoms with Crippen LogP contribution in [0, 0.1) is 11.3 Å². The molecule has 0 saturated heterocycles. The fourth-order valence-corrected chi connectivity index (χ4v) is 1.64. The minimum atomic E-state index is -0.351. The number of aromatic nitrogens is 2. The van der Waals surface area contributed by atoms with Crippen LogP contribution in [-0.2, 0) is 11.3 Å². The molecule has 0 spiro atoms. The molecule has 1 N–H and O–H groups in total. The summed E-state index contributed by atoms with van der Waals surface area (Å²) >= 11 is 0. The average Bonchev–Trinajstić information content (AvgIpc) is 2.94. The van der Waals surface area contributed by atoms with Crippen LogP contribution in [0.2, 0.25) is 0 Å². The summed E-state index contributed by atoms with van der Waals surface area (Å²) in [6.45, 7) is 1.06. The molecule has 2 rings (SSSR count). The van der Waals surface area contributed by atoms with Gasteiger partial charge in [0.05, 0.1) is 18.3 Å². The molecule has 20 heavy (non-hydrogen) atoms. The van der Waals surface area contributed by atoms with Gasteiger partial charge in [0, 0.05) is 12.4 Å². The van der Waals surface area contributed by atoms with Crippen molar-refractivity contribution in [1.29, 1.82) is 5.26 Å². The van der Waals surface area contributed by atoms with Crippen molar-refractivity contribution < 1.29 is 9.53 Å². The van der Waals surface area contributed by atoms with E-state index in [1.807, 2.05) is 18.3 Å². The first-order chi connectivity index (χ1) is 9.79. The molecule has 6 heteroatoms. The molecular weight excluding hydrogens is 256 g/mol. The number of nitrogens with one attached hydrogen (secondary N) is 1. The van der Waals surface area contributed by atoms with Gasteiger partial charge in [-0.3, -0.25) is 9.48 Å². The number of nitriles is 1. The van der Waals surface area contributed by atoms with E-state index >= 15 is 0 Å². The van der Waals surface area contributed by atoms with Gasteiger partial charge in [-0.15, -0.1) is 0 Å². The first-order valence-corrected chi connectivity index (χ1v) is 6.15. The molecule has 1 aromatic heterocycles. The fourth-order valence-electron chi connectivity index (χ4n) is 1.64. The van der Waals surface area contributed by atoms with Crippen molar-refractivity contribution in [3.05, 3.63) is 42.7 Å². The van der Waals surface area contributed by atoms with Crippen molar-refractivity contribution >= 4 is 11.6 Å². The summed E-state index contributed by atoms with van der Waals surface area (Å²) in [4.78, 5) is 11.4.